The quantitative estimate of drug-likeness (QED) is 0.249. The van der Waals surface area contributed by atoms with E-state index < -0.39 is 0 Å². The largest absolute Gasteiger partial charge is 0.343 e. The fourth-order valence-electron chi connectivity index (χ4n) is 3.04. The summed E-state index contributed by atoms with van der Waals surface area (Å²) in [6, 6.07) is 0. The van der Waals surface area contributed by atoms with E-state index in [1.165, 1.54) is 77.0 Å². The average Bonchev–Trinajstić information content (AvgIpc) is 2.60. The van der Waals surface area contributed by atoms with Crippen molar-refractivity contribution in [1.82, 2.24) is 10.2 Å². The van der Waals surface area contributed by atoms with Crippen molar-refractivity contribution >= 4 is 5.91 Å². The van der Waals surface area contributed by atoms with Gasteiger partial charge in [0, 0.05) is 6.42 Å². The second-order valence-corrected chi connectivity index (χ2v) is 7.05. The molecule has 0 aromatic heterocycles. The predicted molar refractivity (Wildman–Crippen MR) is 106 cm³/mol. The number of nitrogens with one attached hydrogen (secondary N) is 1. The summed E-state index contributed by atoms with van der Waals surface area (Å²) in [6.45, 7) is 9.22. The lowest BCUT2D eigenvalue weighted by molar-refractivity contribution is -0.121. The number of carbonyl (C=O) groups is 1. The standard InChI is InChI=1S/C21H44N2O/c1-4-7-8-9-10-11-12-13-14-15-16-17-18-19-21(24)22-20-23(5-2)6-3/h4-20H2,1-3H3,(H,22,24). The molecule has 0 fully saturated rings. The summed E-state index contributed by atoms with van der Waals surface area (Å²) in [5.41, 5.74) is 0. The van der Waals surface area contributed by atoms with E-state index in [0.717, 1.165) is 19.5 Å². The molecule has 0 atom stereocenters. The zero-order valence-electron chi connectivity index (χ0n) is 16.9. The van der Waals surface area contributed by atoms with Crippen molar-refractivity contribution < 1.29 is 4.79 Å². The number of amides is 1. The third kappa shape index (κ3) is 16.3. The van der Waals surface area contributed by atoms with Crippen LogP contribution in [0.1, 0.15) is 111 Å². The SMILES string of the molecule is CCCCCCCCCCCCCCCC(=O)NCN(CC)CC. The van der Waals surface area contributed by atoms with Crippen molar-refractivity contribution in [1.29, 1.82) is 0 Å². The van der Waals surface area contributed by atoms with Crippen LogP contribution < -0.4 is 5.32 Å². The minimum atomic E-state index is 0.213. The maximum Gasteiger partial charge on any atom is 0.220 e. The van der Waals surface area contributed by atoms with Crippen molar-refractivity contribution in [3.05, 3.63) is 0 Å². The van der Waals surface area contributed by atoms with E-state index in [1.807, 2.05) is 0 Å². The number of nitrogens with zero attached hydrogens (tertiary/aromatic N) is 1. The lowest BCUT2D eigenvalue weighted by Gasteiger charge is -2.18. The Morgan fingerprint density at radius 1 is 0.667 bits per heavy atom. The van der Waals surface area contributed by atoms with Crippen LogP contribution in [-0.4, -0.2) is 30.6 Å². The summed E-state index contributed by atoms with van der Waals surface area (Å²) >= 11 is 0. The molecule has 0 radical (unpaired) electrons. The van der Waals surface area contributed by atoms with Crippen molar-refractivity contribution in [2.75, 3.05) is 19.8 Å². The molecule has 1 amide bonds. The summed E-state index contributed by atoms with van der Waals surface area (Å²) in [7, 11) is 0. The van der Waals surface area contributed by atoms with Gasteiger partial charge in [0.05, 0.1) is 6.67 Å². The van der Waals surface area contributed by atoms with Crippen LogP contribution in [0, 0.1) is 0 Å². The minimum absolute atomic E-state index is 0.213. The van der Waals surface area contributed by atoms with Gasteiger partial charge in [-0.3, -0.25) is 9.69 Å². The van der Waals surface area contributed by atoms with Crippen LogP contribution in [0.15, 0.2) is 0 Å². The third-order valence-corrected chi connectivity index (χ3v) is 4.90. The lowest BCUT2D eigenvalue weighted by atomic mass is 10.0. The molecule has 0 aliphatic heterocycles. The fourth-order valence-corrected chi connectivity index (χ4v) is 3.04. The summed E-state index contributed by atoms with van der Waals surface area (Å²) < 4.78 is 0. The zero-order chi connectivity index (χ0) is 17.9. The molecule has 0 saturated heterocycles. The van der Waals surface area contributed by atoms with Gasteiger partial charge in [0.2, 0.25) is 5.91 Å². The van der Waals surface area contributed by atoms with Crippen molar-refractivity contribution in [3.63, 3.8) is 0 Å². The van der Waals surface area contributed by atoms with Crippen molar-refractivity contribution in [2.24, 2.45) is 0 Å². The Balaban J connectivity index is 3.20. The van der Waals surface area contributed by atoms with Crippen molar-refractivity contribution in [2.45, 2.75) is 111 Å². The lowest BCUT2D eigenvalue weighted by Crippen LogP contribution is -2.37. The summed E-state index contributed by atoms with van der Waals surface area (Å²) in [6.07, 6.45) is 18.3. The molecule has 0 aromatic rings. The van der Waals surface area contributed by atoms with Crippen LogP contribution in [-0.2, 0) is 4.79 Å². The molecule has 24 heavy (non-hydrogen) atoms. The maximum absolute atomic E-state index is 11.7. The van der Waals surface area contributed by atoms with E-state index in [4.69, 9.17) is 0 Å². The fraction of sp³-hybridized carbons (Fsp3) is 0.952. The molecule has 0 saturated carbocycles. The second kappa shape index (κ2) is 18.8. The molecule has 3 nitrogen and oxygen atoms in total. The minimum Gasteiger partial charge on any atom is -0.343 e. The number of carbonyl (C=O) groups excluding carboxylic acids is 1. The molecule has 0 heterocycles. The molecule has 0 bridgehead atoms. The highest BCUT2D eigenvalue weighted by molar-refractivity contribution is 5.75. The Bertz CT molecular complexity index is 265. The van der Waals surface area contributed by atoms with E-state index in [1.54, 1.807) is 0 Å². The molecule has 1 N–H and O–H groups in total. The molecule has 3 heteroatoms. The number of unbranched alkanes of at least 4 members (excludes halogenated alkanes) is 12. The predicted octanol–water partition coefficient (Wildman–Crippen LogP) is 5.88. The van der Waals surface area contributed by atoms with Gasteiger partial charge in [0.1, 0.15) is 0 Å². The average molecular weight is 341 g/mol. The van der Waals surface area contributed by atoms with E-state index in [9.17, 15) is 4.79 Å². The Hall–Kier alpha value is -0.570. The van der Waals surface area contributed by atoms with Crippen LogP contribution in [0.25, 0.3) is 0 Å². The molecular weight excluding hydrogens is 296 g/mol. The molecule has 0 spiro atoms. The molecule has 144 valence electrons. The Morgan fingerprint density at radius 2 is 1.08 bits per heavy atom. The highest BCUT2D eigenvalue weighted by Crippen LogP contribution is 2.12. The van der Waals surface area contributed by atoms with Crippen LogP contribution in [0.5, 0.6) is 0 Å². The van der Waals surface area contributed by atoms with Gasteiger partial charge in [-0.25, -0.2) is 0 Å². The molecule has 0 aliphatic carbocycles. The first kappa shape index (κ1) is 23.4. The van der Waals surface area contributed by atoms with Gasteiger partial charge in [-0.05, 0) is 19.5 Å². The first-order valence-electron chi connectivity index (χ1n) is 10.7. The monoisotopic (exact) mass is 340 g/mol. The number of hydrogen-bond donors (Lipinski definition) is 1. The van der Waals surface area contributed by atoms with E-state index in [0.29, 0.717) is 13.1 Å². The van der Waals surface area contributed by atoms with Crippen LogP contribution in [0.2, 0.25) is 0 Å². The van der Waals surface area contributed by atoms with Gasteiger partial charge in [-0.2, -0.15) is 0 Å². The highest BCUT2D eigenvalue weighted by Gasteiger charge is 2.03. The molecular formula is C21H44N2O. The van der Waals surface area contributed by atoms with Gasteiger partial charge >= 0.3 is 0 Å². The van der Waals surface area contributed by atoms with Gasteiger partial charge in [-0.15, -0.1) is 0 Å². The molecule has 0 rings (SSSR count). The van der Waals surface area contributed by atoms with Gasteiger partial charge < -0.3 is 5.32 Å². The number of hydrogen-bond acceptors (Lipinski definition) is 2. The number of rotatable bonds is 18. The maximum atomic E-state index is 11.7. The summed E-state index contributed by atoms with van der Waals surface area (Å²) in [5, 5.41) is 3.01. The van der Waals surface area contributed by atoms with Gasteiger partial charge in [0.25, 0.3) is 0 Å². The first-order chi connectivity index (χ1) is 11.7. The molecule has 0 unspecified atom stereocenters. The topological polar surface area (TPSA) is 32.3 Å². The molecule has 0 aromatic carbocycles. The summed E-state index contributed by atoms with van der Waals surface area (Å²) in [4.78, 5) is 14.0. The van der Waals surface area contributed by atoms with E-state index in [-0.39, 0.29) is 5.91 Å². The summed E-state index contributed by atoms with van der Waals surface area (Å²) in [5.74, 6) is 0.213. The first-order valence-corrected chi connectivity index (χ1v) is 10.7. The smallest absolute Gasteiger partial charge is 0.220 e. The normalized spacial score (nSPS) is 11.2. The van der Waals surface area contributed by atoms with Crippen LogP contribution >= 0.6 is 0 Å². The Labute approximate surface area is 152 Å². The Kier molecular flexibility index (Phi) is 18.3. The zero-order valence-corrected chi connectivity index (χ0v) is 16.9. The van der Waals surface area contributed by atoms with Crippen molar-refractivity contribution in [3.8, 4) is 0 Å². The Morgan fingerprint density at radius 3 is 1.50 bits per heavy atom. The second-order valence-electron chi connectivity index (χ2n) is 7.05. The third-order valence-electron chi connectivity index (χ3n) is 4.90. The van der Waals surface area contributed by atoms with Gasteiger partial charge in [0.15, 0.2) is 0 Å². The molecule has 0 aliphatic rings. The van der Waals surface area contributed by atoms with Crippen LogP contribution in [0.3, 0.4) is 0 Å². The van der Waals surface area contributed by atoms with E-state index >= 15 is 0 Å². The highest BCUT2D eigenvalue weighted by atomic mass is 16.1. The van der Waals surface area contributed by atoms with Gasteiger partial charge in [-0.1, -0.05) is 97.8 Å². The van der Waals surface area contributed by atoms with E-state index in [2.05, 4.69) is 31.0 Å². The van der Waals surface area contributed by atoms with Crippen LogP contribution in [0.4, 0.5) is 0 Å².